The van der Waals surface area contributed by atoms with E-state index in [1.54, 1.807) is 44.3 Å². The lowest BCUT2D eigenvalue weighted by Gasteiger charge is -2.25. The van der Waals surface area contributed by atoms with Gasteiger partial charge in [-0.15, -0.1) is 0 Å². The molecule has 2 heterocycles. The Morgan fingerprint density at radius 1 is 1.00 bits per heavy atom. The van der Waals surface area contributed by atoms with Crippen molar-refractivity contribution < 1.29 is 19.0 Å². The first-order chi connectivity index (χ1) is 16.0. The minimum absolute atomic E-state index is 0.00535. The molecule has 0 saturated heterocycles. The summed E-state index contributed by atoms with van der Waals surface area (Å²) in [6.45, 7) is 2.08. The molecule has 0 aliphatic heterocycles. The summed E-state index contributed by atoms with van der Waals surface area (Å²) in [5.74, 6) is 0.866. The first-order valence-electron chi connectivity index (χ1n) is 10.4. The van der Waals surface area contributed by atoms with Crippen LogP contribution in [0.25, 0.3) is 22.3 Å². The second-order valence-corrected chi connectivity index (χ2v) is 7.29. The molecular formula is C24H25N5O4. The molecule has 0 atom stereocenters. The highest BCUT2D eigenvalue weighted by Gasteiger charge is 2.18. The van der Waals surface area contributed by atoms with Gasteiger partial charge in [-0.2, -0.15) is 5.10 Å². The fourth-order valence-electron chi connectivity index (χ4n) is 3.48. The molecule has 0 radical (unpaired) electrons. The van der Waals surface area contributed by atoms with E-state index in [9.17, 15) is 4.79 Å². The van der Waals surface area contributed by atoms with Gasteiger partial charge in [0.2, 0.25) is 0 Å². The number of carbonyl (C=O) groups excluding carboxylic acids is 1. The zero-order valence-corrected chi connectivity index (χ0v) is 19.0. The van der Waals surface area contributed by atoms with Crippen LogP contribution in [0, 0.1) is 0 Å². The average Bonchev–Trinajstić information content (AvgIpc) is 3.27. The molecule has 0 N–H and O–H groups in total. The van der Waals surface area contributed by atoms with E-state index in [1.807, 2.05) is 48.5 Å². The molecule has 9 heteroatoms. The van der Waals surface area contributed by atoms with Gasteiger partial charge in [0.25, 0.3) is 0 Å². The van der Waals surface area contributed by atoms with Gasteiger partial charge < -0.3 is 19.1 Å². The lowest BCUT2D eigenvalue weighted by molar-refractivity contribution is -0.141. The van der Waals surface area contributed by atoms with Gasteiger partial charge in [-0.3, -0.25) is 14.5 Å². The second kappa shape index (κ2) is 9.56. The number of esters is 1. The van der Waals surface area contributed by atoms with Crippen molar-refractivity contribution in [2.24, 2.45) is 7.05 Å². The Kier molecular flexibility index (Phi) is 6.39. The van der Waals surface area contributed by atoms with Crippen LogP contribution in [0.2, 0.25) is 0 Å². The molecule has 0 bridgehead atoms. The summed E-state index contributed by atoms with van der Waals surface area (Å²) in [5, 5.41) is 4.21. The summed E-state index contributed by atoms with van der Waals surface area (Å²) in [7, 11) is 5.02. The number of aryl methyl sites for hydroxylation is 1. The Hall–Kier alpha value is -4.14. The van der Waals surface area contributed by atoms with Crippen molar-refractivity contribution in [1.29, 1.82) is 0 Å². The fraction of sp³-hybridized carbons (Fsp3) is 0.250. The number of anilines is 2. The smallest absolute Gasteiger partial charge is 0.325 e. The highest BCUT2D eigenvalue weighted by molar-refractivity contribution is 5.86. The number of aromatic nitrogens is 4. The van der Waals surface area contributed by atoms with Crippen molar-refractivity contribution in [1.82, 2.24) is 19.7 Å². The third-order valence-electron chi connectivity index (χ3n) is 5.08. The van der Waals surface area contributed by atoms with E-state index < -0.39 is 0 Å². The quantitative estimate of drug-likeness (QED) is 0.377. The molecule has 0 aliphatic carbocycles. The lowest BCUT2D eigenvalue weighted by atomic mass is 10.2. The largest absolute Gasteiger partial charge is 0.497 e. The van der Waals surface area contributed by atoms with E-state index in [2.05, 4.69) is 10.1 Å². The molecule has 0 spiro atoms. The maximum atomic E-state index is 12.5. The first-order valence-corrected chi connectivity index (χ1v) is 10.4. The van der Waals surface area contributed by atoms with Crippen LogP contribution in [0.3, 0.4) is 0 Å². The minimum Gasteiger partial charge on any atom is -0.497 e. The molecule has 170 valence electrons. The average molecular weight is 447 g/mol. The second-order valence-electron chi connectivity index (χ2n) is 7.29. The summed E-state index contributed by atoms with van der Waals surface area (Å²) in [6.07, 6.45) is 5.35. The van der Waals surface area contributed by atoms with Gasteiger partial charge in [0.1, 0.15) is 18.0 Å². The van der Waals surface area contributed by atoms with Crippen LogP contribution >= 0.6 is 0 Å². The summed E-state index contributed by atoms with van der Waals surface area (Å²) in [6, 6.07) is 11.1. The Labute approximate surface area is 191 Å². The maximum absolute atomic E-state index is 12.5. The molecular weight excluding hydrogens is 422 g/mol. The van der Waals surface area contributed by atoms with Crippen molar-refractivity contribution in [3.63, 3.8) is 0 Å². The summed E-state index contributed by atoms with van der Waals surface area (Å²) in [5.41, 5.74) is 4.49. The molecule has 0 amide bonds. The lowest BCUT2D eigenvalue weighted by Crippen LogP contribution is -2.27. The Morgan fingerprint density at radius 3 is 2.39 bits per heavy atom. The van der Waals surface area contributed by atoms with Crippen molar-refractivity contribution in [3.05, 3.63) is 55.0 Å². The van der Waals surface area contributed by atoms with Gasteiger partial charge in [0.05, 0.1) is 49.9 Å². The molecule has 2 aromatic heterocycles. The predicted molar refractivity (Wildman–Crippen MR) is 125 cm³/mol. The van der Waals surface area contributed by atoms with E-state index >= 15 is 0 Å². The van der Waals surface area contributed by atoms with E-state index in [1.165, 1.54) is 0 Å². The highest BCUT2D eigenvalue weighted by atomic mass is 16.5. The van der Waals surface area contributed by atoms with Gasteiger partial charge in [-0.1, -0.05) is 0 Å². The Balaban J connectivity index is 1.80. The van der Waals surface area contributed by atoms with Crippen molar-refractivity contribution in [2.45, 2.75) is 6.92 Å². The maximum Gasteiger partial charge on any atom is 0.325 e. The molecule has 0 fully saturated rings. The molecule has 0 aliphatic rings. The number of methoxy groups -OCH3 is 2. The number of rotatable bonds is 8. The molecule has 9 nitrogen and oxygen atoms in total. The Morgan fingerprint density at radius 2 is 1.76 bits per heavy atom. The summed E-state index contributed by atoms with van der Waals surface area (Å²) < 4.78 is 17.8. The third-order valence-corrected chi connectivity index (χ3v) is 5.08. The minimum atomic E-state index is -0.352. The van der Waals surface area contributed by atoms with Crippen molar-refractivity contribution in [3.8, 4) is 22.8 Å². The van der Waals surface area contributed by atoms with Crippen LogP contribution in [-0.4, -0.2) is 53.1 Å². The van der Waals surface area contributed by atoms with Crippen LogP contribution in [0.4, 0.5) is 11.4 Å². The van der Waals surface area contributed by atoms with Gasteiger partial charge in [-0.25, -0.2) is 4.98 Å². The zero-order chi connectivity index (χ0) is 23.4. The zero-order valence-electron chi connectivity index (χ0n) is 19.0. The number of hydrogen-bond donors (Lipinski definition) is 0. The van der Waals surface area contributed by atoms with Crippen LogP contribution in [0.15, 0.2) is 55.0 Å². The molecule has 4 rings (SSSR count). The normalized spacial score (nSPS) is 10.8. The topological polar surface area (TPSA) is 91.6 Å². The number of ether oxygens (including phenoxy) is 3. The standard InChI is InChI=1S/C24H25N5O4/c1-5-33-24(30)15-29(18-8-19(31-3)11-20(9-18)32-4)17-6-7-21-22(10-17)27-23(13-25-21)16-12-26-28(2)14-16/h6-14H,5,15H2,1-4H3. The molecule has 0 unspecified atom stereocenters. The fourth-order valence-corrected chi connectivity index (χ4v) is 3.48. The summed E-state index contributed by atoms with van der Waals surface area (Å²) >= 11 is 0. The van der Waals surface area contributed by atoms with Gasteiger partial charge in [0, 0.05) is 48.4 Å². The van der Waals surface area contributed by atoms with E-state index in [-0.39, 0.29) is 12.5 Å². The number of fused-ring (bicyclic) bond motifs is 1. The summed E-state index contributed by atoms with van der Waals surface area (Å²) in [4.78, 5) is 23.6. The molecule has 2 aromatic carbocycles. The van der Waals surface area contributed by atoms with Gasteiger partial charge in [0.15, 0.2) is 0 Å². The number of carbonyl (C=O) groups is 1. The Bertz CT molecular complexity index is 1260. The number of hydrogen-bond acceptors (Lipinski definition) is 8. The number of benzene rings is 2. The molecule has 4 aromatic rings. The van der Waals surface area contributed by atoms with E-state index in [4.69, 9.17) is 19.2 Å². The monoisotopic (exact) mass is 447 g/mol. The van der Waals surface area contributed by atoms with Crippen LogP contribution in [0.1, 0.15) is 6.92 Å². The van der Waals surface area contributed by atoms with Crippen LogP contribution < -0.4 is 14.4 Å². The predicted octanol–water partition coefficient (Wildman–Crippen LogP) is 3.75. The van der Waals surface area contributed by atoms with Crippen LogP contribution in [-0.2, 0) is 16.6 Å². The first kappa shape index (κ1) is 22.1. The van der Waals surface area contributed by atoms with Crippen molar-refractivity contribution in [2.75, 3.05) is 32.3 Å². The third kappa shape index (κ3) is 4.87. The SMILES string of the molecule is CCOC(=O)CN(c1cc(OC)cc(OC)c1)c1ccc2ncc(-c3cnn(C)c3)nc2c1. The van der Waals surface area contributed by atoms with Gasteiger partial charge in [-0.05, 0) is 25.1 Å². The highest BCUT2D eigenvalue weighted by Crippen LogP contribution is 2.34. The van der Waals surface area contributed by atoms with Gasteiger partial charge >= 0.3 is 5.97 Å². The molecule has 0 saturated carbocycles. The van der Waals surface area contributed by atoms with E-state index in [0.717, 1.165) is 22.5 Å². The number of nitrogens with zero attached hydrogens (tertiary/aromatic N) is 5. The molecule has 33 heavy (non-hydrogen) atoms. The van der Waals surface area contributed by atoms with E-state index in [0.29, 0.717) is 29.3 Å². The van der Waals surface area contributed by atoms with Crippen molar-refractivity contribution >= 4 is 28.4 Å². The van der Waals surface area contributed by atoms with Crippen LogP contribution in [0.5, 0.6) is 11.5 Å².